The van der Waals surface area contributed by atoms with Crippen molar-refractivity contribution in [3.05, 3.63) is 83.9 Å². The smallest absolute Gasteiger partial charge is 0.194 e. The topological polar surface area (TPSA) is 54.7 Å². The van der Waals surface area contributed by atoms with Gasteiger partial charge in [-0.2, -0.15) is 0 Å². The summed E-state index contributed by atoms with van der Waals surface area (Å²) in [4.78, 5) is 11.6. The van der Waals surface area contributed by atoms with Crippen LogP contribution in [0, 0.1) is 6.92 Å². The lowest BCUT2D eigenvalue weighted by Crippen LogP contribution is -2.47. The SMILES string of the molecule is CCNC(=NCc1cccc(Cn2ccnc2C)c1)N1CCC(Oc2ccccc2)CC1. The van der Waals surface area contributed by atoms with E-state index in [1.165, 1.54) is 11.1 Å². The van der Waals surface area contributed by atoms with Crippen LogP contribution >= 0.6 is 0 Å². The average Bonchev–Trinajstić information content (AvgIpc) is 3.22. The van der Waals surface area contributed by atoms with Crippen molar-refractivity contribution in [2.45, 2.75) is 45.9 Å². The molecule has 1 N–H and O–H groups in total. The van der Waals surface area contributed by atoms with E-state index >= 15 is 0 Å². The van der Waals surface area contributed by atoms with Crippen molar-refractivity contribution in [3.8, 4) is 5.75 Å². The van der Waals surface area contributed by atoms with Crippen LogP contribution in [0.2, 0.25) is 0 Å². The Kier molecular flexibility index (Phi) is 7.43. The third-order valence-electron chi connectivity index (χ3n) is 5.80. The minimum Gasteiger partial charge on any atom is -0.490 e. The summed E-state index contributed by atoms with van der Waals surface area (Å²) in [5.41, 5.74) is 2.49. The minimum absolute atomic E-state index is 0.264. The number of rotatable bonds is 7. The van der Waals surface area contributed by atoms with Crippen molar-refractivity contribution in [1.29, 1.82) is 0 Å². The molecule has 0 saturated carbocycles. The van der Waals surface area contributed by atoms with Gasteiger partial charge in [0.25, 0.3) is 0 Å². The molecule has 1 fully saturated rings. The Morgan fingerprint density at radius 3 is 2.59 bits per heavy atom. The molecule has 0 unspecified atom stereocenters. The van der Waals surface area contributed by atoms with E-state index in [-0.39, 0.29) is 6.10 Å². The fourth-order valence-corrected chi connectivity index (χ4v) is 4.06. The molecule has 0 amide bonds. The molecule has 32 heavy (non-hydrogen) atoms. The molecule has 0 bridgehead atoms. The van der Waals surface area contributed by atoms with Gasteiger partial charge in [0.1, 0.15) is 17.7 Å². The molecular formula is C26H33N5O. The molecule has 2 aromatic carbocycles. The first-order valence-corrected chi connectivity index (χ1v) is 11.5. The Bertz CT molecular complexity index is 1010. The van der Waals surface area contributed by atoms with Gasteiger partial charge in [-0.1, -0.05) is 42.5 Å². The van der Waals surface area contributed by atoms with Gasteiger partial charge in [0.15, 0.2) is 5.96 Å². The number of aromatic nitrogens is 2. The molecule has 1 aliphatic heterocycles. The van der Waals surface area contributed by atoms with Crippen molar-refractivity contribution in [2.75, 3.05) is 19.6 Å². The highest BCUT2D eigenvalue weighted by Crippen LogP contribution is 2.19. The molecule has 0 spiro atoms. The standard InChI is InChI=1S/C26H33N5O/c1-3-27-26(30-15-12-25(13-16-30)32-24-10-5-4-6-11-24)29-19-22-8-7-9-23(18-22)20-31-17-14-28-21(31)2/h4-11,14,17-18,25H,3,12-13,15-16,19-20H2,1-2H3,(H,27,29). The van der Waals surface area contributed by atoms with Crippen LogP contribution in [0.1, 0.15) is 36.7 Å². The first-order chi connectivity index (χ1) is 15.7. The quantitative estimate of drug-likeness (QED) is 0.449. The predicted octanol–water partition coefficient (Wildman–Crippen LogP) is 4.25. The molecule has 1 aromatic heterocycles. The predicted molar refractivity (Wildman–Crippen MR) is 129 cm³/mol. The number of ether oxygens (including phenoxy) is 1. The van der Waals surface area contributed by atoms with E-state index in [0.717, 1.165) is 56.6 Å². The number of likely N-dealkylation sites (tertiary alicyclic amines) is 1. The zero-order valence-corrected chi connectivity index (χ0v) is 19.1. The molecule has 168 valence electrons. The summed E-state index contributed by atoms with van der Waals surface area (Å²) in [5.74, 6) is 2.97. The lowest BCUT2D eigenvalue weighted by molar-refractivity contribution is 0.129. The third-order valence-corrected chi connectivity index (χ3v) is 5.80. The Balaban J connectivity index is 1.35. The molecule has 1 aliphatic rings. The highest BCUT2D eigenvalue weighted by molar-refractivity contribution is 5.80. The molecule has 1 saturated heterocycles. The molecule has 2 heterocycles. The molecule has 6 heteroatoms. The Morgan fingerprint density at radius 2 is 1.88 bits per heavy atom. The summed E-state index contributed by atoms with van der Waals surface area (Å²) in [5, 5.41) is 3.47. The Labute approximate surface area is 191 Å². The monoisotopic (exact) mass is 431 g/mol. The number of hydrogen-bond acceptors (Lipinski definition) is 3. The molecule has 4 rings (SSSR count). The van der Waals surface area contributed by atoms with Crippen molar-refractivity contribution >= 4 is 5.96 Å². The zero-order chi connectivity index (χ0) is 22.2. The van der Waals surface area contributed by atoms with Crippen LogP contribution in [-0.2, 0) is 13.1 Å². The van der Waals surface area contributed by atoms with Crippen molar-refractivity contribution in [2.24, 2.45) is 4.99 Å². The van der Waals surface area contributed by atoms with E-state index < -0.39 is 0 Å². The number of hydrogen-bond donors (Lipinski definition) is 1. The van der Waals surface area contributed by atoms with E-state index in [9.17, 15) is 0 Å². The second kappa shape index (κ2) is 10.8. The zero-order valence-electron chi connectivity index (χ0n) is 19.1. The van der Waals surface area contributed by atoms with Gasteiger partial charge in [0, 0.05) is 51.4 Å². The van der Waals surface area contributed by atoms with Crippen molar-refractivity contribution < 1.29 is 4.74 Å². The fourth-order valence-electron chi connectivity index (χ4n) is 4.06. The lowest BCUT2D eigenvalue weighted by atomic mass is 10.1. The van der Waals surface area contributed by atoms with E-state index in [0.29, 0.717) is 6.54 Å². The summed E-state index contributed by atoms with van der Waals surface area (Å²) >= 11 is 0. The van der Waals surface area contributed by atoms with Crippen LogP contribution in [0.4, 0.5) is 0 Å². The highest BCUT2D eigenvalue weighted by Gasteiger charge is 2.22. The molecule has 6 nitrogen and oxygen atoms in total. The van der Waals surface area contributed by atoms with Gasteiger partial charge in [0.2, 0.25) is 0 Å². The maximum atomic E-state index is 6.14. The van der Waals surface area contributed by atoms with E-state index in [2.05, 4.69) is 51.0 Å². The summed E-state index contributed by atoms with van der Waals surface area (Å²) in [6.07, 6.45) is 6.13. The van der Waals surface area contributed by atoms with Gasteiger partial charge in [-0.25, -0.2) is 9.98 Å². The van der Waals surface area contributed by atoms with Crippen LogP contribution in [0.25, 0.3) is 0 Å². The minimum atomic E-state index is 0.264. The fraction of sp³-hybridized carbons (Fsp3) is 0.385. The van der Waals surface area contributed by atoms with Crippen molar-refractivity contribution in [1.82, 2.24) is 19.8 Å². The maximum absolute atomic E-state index is 6.14. The molecule has 0 atom stereocenters. The number of aliphatic imine (C=N–C) groups is 1. The van der Waals surface area contributed by atoms with Crippen LogP contribution in [0.3, 0.4) is 0 Å². The normalized spacial score (nSPS) is 15.1. The second-order valence-electron chi connectivity index (χ2n) is 8.21. The number of piperidine rings is 1. The van der Waals surface area contributed by atoms with Gasteiger partial charge in [-0.15, -0.1) is 0 Å². The number of aryl methyl sites for hydroxylation is 1. The summed E-state index contributed by atoms with van der Waals surface area (Å²) in [7, 11) is 0. The first kappa shape index (κ1) is 21.9. The van der Waals surface area contributed by atoms with E-state index in [1.807, 2.05) is 49.6 Å². The molecular weight excluding hydrogens is 398 g/mol. The van der Waals surface area contributed by atoms with Gasteiger partial charge in [0.05, 0.1) is 6.54 Å². The van der Waals surface area contributed by atoms with Gasteiger partial charge >= 0.3 is 0 Å². The van der Waals surface area contributed by atoms with Crippen LogP contribution in [-0.4, -0.2) is 46.1 Å². The molecule has 0 aliphatic carbocycles. The summed E-state index contributed by atoms with van der Waals surface area (Å²) in [6, 6.07) is 18.8. The van der Waals surface area contributed by atoms with E-state index in [4.69, 9.17) is 9.73 Å². The van der Waals surface area contributed by atoms with Gasteiger partial charge in [-0.3, -0.25) is 0 Å². The molecule has 3 aromatic rings. The third kappa shape index (κ3) is 5.90. The van der Waals surface area contributed by atoms with Gasteiger partial charge < -0.3 is 19.5 Å². The summed E-state index contributed by atoms with van der Waals surface area (Å²) in [6.45, 7) is 8.41. The number of guanidine groups is 1. The Hall–Kier alpha value is -3.28. The first-order valence-electron chi connectivity index (χ1n) is 11.5. The number of imidazole rings is 1. The lowest BCUT2D eigenvalue weighted by Gasteiger charge is -2.34. The van der Waals surface area contributed by atoms with Crippen molar-refractivity contribution in [3.63, 3.8) is 0 Å². The van der Waals surface area contributed by atoms with Crippen LogP contribution in [0.15, 0.2) is 72.0 Å². The van der Waals surface area contributed by atoms with Crippen LogP contribution < -0.4 is 10.1 Å². The maximum Gasteiger partial charge on any atom is 0.194 e. The second-order valence-corrected chi connectivity index (χ2v) is 8.21. The number of para-hydroxylation sites is 1. The number of benzene rings is 2. The van der Waals surface area contributed by atoms with Crippen LogP contribution in [0.5, 0.6) is 5.75 Å². The van der Waals surface area contributed by atoms with E-state index in [1.54, 1.807) is 0 Å². The highest BCUT2D eigenvalue weighted by atomic mass is 16.5. The summed E-state index contributed by atoms with van der Waals surface area (Å²) < 4.78 is 8.30. The molecule has 0 radical (unpaired) electrons. The average molecular weight is 432 g/mol. The van der Waals surface area contributed by atoms with Gasteiger partial charge in [-0.05, 0) is 37.1 Å². The number of nitrogens with zero attached hydrogens (tertiary/aromatic N) is 4. The number of nitrogens with one attached hydrogen (secondary N) is 1. The Morgan fingerprint density at radius 1 is 1.09 bits per heavy atom. The largest absolute Gasteiger partial charge is 0.490 e.